The van der Waals surface area contributed by atoms with Gasteiger partial charge >= 0.3 is 0 Å². The highest BCUT2D eigenvalue weighted by Crippen LogP contribution is 2.19. The van der Waals surface area contributed by atoms with Crippen molar-refractivity contribution in [1.82, 2.24) is 5.32 Å². The van der Waals surface area contributed by atoms with Gasteiger partial charge < -0.3 is 5.32 Å². The highest BCUT2D eigenvalue weighted by atomic mass is 32.1. The van der Waals surface area contributed by atoms with Crippen molar-refractivity contribution in [3.63, 3.8) is 0 Å². The molecule has 100 valence electrons. The highest BCUT2D eigenvalue weighted by molar-refractivity contribution is 7.81. The molecular weight excluding hydrogens is 242 g/mol. The maximum Gasteiger partial charge on any atom is 0.233 e. The number of carbonyl (C=O) groups excluding carboxylic acids is 1. The lowest BCUT2D eigenvalue weighted by Crippen LogP contribution is -2.45. The molecule has 0 aromatic heterocycles. The summed E-state index contributed by atoms with van der Waals surface area (Å²) < 4.78 is 0. The van der Waals surface area contributed by atoms with Crippen molar-refractivity contribution in [1.29, 1.82) is 0 Å². The number of benzene rings is 1. The number of rotatable bonds is 4. The topological polar surface area (TPSA) is 29.1 Å². The van der Waals surface area contributed by atoms with E-state index in [0.717, 1.165) is 5.56 Å². The largest absolute Gasteiger partial charge is 0.352 e. The van der Waals surface area contributed by atoms with Crippen LogP contribution in [0.4, 0.5) is 0 Å². The molecule has 0 radical (unpaired) electrons. The Labute approximate surface area is 116 Å². The van der Waals surface area contributed by atoms with E-state index in [9.17, 15) is 4.79 Å². The van der Waals surface area contributed by atoms with E-state index in [1.54, 1.807) is 0 Å². The van der Waals surface area contributed by atoms with Crippen molar-refractivity contribution in [3.05, 3.63) is 35.9 Å². The van der Waals surface area contributed by atoms with Crippen LogP contribution >= 0.6 is 12.6 Å². The van der Waals surface area contributed by atoms with E-state index >= 15 is 0 Å². The molecular formula is C15H23NOS. The zero-order valence-electron chi connectivity index (χ0n) is 11.6. The minimum absolute atomic E-state index is 0.00427. The zero-order chi connectivity index (χ0) is 13.8. The smallest absolute Gasteiger partial charge is 0.233 e. The summed E-state index contributed by atoms with van der Waals surface area (Å²) in [5, 5.41) is 2.73. The van der Waals surface area contributed by atoms with E-state index in [2.05, 4.69) is 38.7 Å². The van der Waals surface area contributed by atoms with E-state index in [4.69, 9.17) is 0 Å². The van der Waals surface area contributed by atoms with Gasteiger partial charge in [-0.1, -0.05) is 51.1 Å². The molecule has 2 atom stereocenters. The lowest BCUT2D eigenvalue weighted by Gasteiger charge is -2.29. The second-order valence-electron chi connectivity index (χ2n) is 5.80. The fraction of sp³-hybridized carbons (Fsp3) is 0.533. The molecule has 0 aliphatic heterocycles. The predicted octanol–water partition coefficient (Wildman–Crippen LogP) is 3.08. The van der Waals surface area contributed by atoms with Crippen LogP contribution in [0.2, 0.25) is 0 Å². The molecule has 18 heavy (non-hydrogen) atoms. The maximum atomic E-state index is 12.0. The third-order valence-corrected chi connectivity index (χ3v) is 3.65. The van der Waals surface area contributed by atoms with Gasteiger partial charge in [0.25, 0.3) is 0 Å². The molecule has 0 saturated carbocycles. The van der Waals surface area contributed by atoms with Crippen LogP contribution < -0.4 is 5.32 Å². The van der Waals surface area contributed by atoms with Crippen molar-refractivity contribution in [2.75, 3.05) is 0 Å². The first-order valence-corrected chi connectivity index (χ1v) is 6.84. The van der Waals surface area contributed by atoms with Gasteiger partial charge in [0.05, 0.1) is 5.25 Å². The lowest BCUT2D eigenvalue weighted by atomic mass is 9.88. The Balaban J connectivity index is 2.52. The second-order valence-corrected chi connectivity index (χ2v) is 6.43. The first-order chi connectivity index (χ1) is 8.30. The Morgan fingerprint density at radius 3 is 2.33 bits per heavy atom. The quantitative estimate of drug-likeness (QED) is 0.805. The molecule has 1 N–H and O–H groups in total. The van der Waals surface area contributed by atoms with Gasteiger partial charge in [0.2, 0.25) is 5.91 Å². The Kier molecular flexibility index (Phi) is 5.27. The number of hydrogen-bond acceptors (Lipinski definition) is 2. The Bertz CT molecular complexity index is 383. The molecule has 0 spiro atoms. The van der Waals surface area contributed by atoms with Crippen LogP contribution in [0.3, 0.4) is 0 Å². The van der Waals surface area contributed by atoms with E-state index < -0.39 is 0 Å². The molecule has 1 aromatic rings. The van der Waals surface area contributed by atoms with Crippen LogP contribution in [0.5, 0.6) is 0 Å². The van der Waals surface area contributed by atoms with Crippen molar-refractivity contribution in [2.45, 2.75) is 45.4 Å². The summed E-state index contributed by atoms with van der Waals surface area (Å²) in [4.78, 5) is 12.0. The third kappa shape index (κ3) is 4.73. The normalized spacial score (nSPS) is 14.9. The molecule has 1 rings (SSSR count). The average Bonchev–Trinajstić information content (AvgIpc) is 2.28. The Morgan fingerprint density at radius 2 is 1.83 bits per heavy atom. The summed E-state index contributed by atoms with van der Waals surface area (Å²) in [6.45, 7) is 8.37. The van der Waals surface area contributed by atoms with Crippen LogP contribution in [-0.2, 0) is 11.2 Å². The van der Waals surface area contributed by atoms with E-state index in [0.29, 0.717) is 6.42 Å². The van der Waals surface area contributed by atoms with E-state index in [-0.39, 0.29) is 22.6 Å². The summed E-state index contributed by atoms with van der Waals surface area (Å²) in [5.74, 6) is 0.00427. The summed E-state index contributed by atoms with van der Waals surface area (Å²) >= 11 is 4.39. The third-order valence-electron chi connectivity index (χ3n) is 3.23. The summed E-state index contributed by atoms with van der Waals surface area (Å²) in [6, 6.07) is 10.1. The zero-order valence-corrected chi connectivity index (χ0v) is 12.5. The molecule has 2 nitrogen and oxygen atoms in total. The van der Waals surface area contributed by atoms with Gasteiger partial charge in [-0.25, -0.2) is 0 Å². The van der Waals surface area contributed by atoms with Crippen molar-refractivity contribution < 1.29 is 4.79 Å². The van der Waals surface area contributed by atoms with Crippen LogP contribution in [0.15, 0.2) is 30.3 Å². The van der Waals surface area contributed by atoms with E-state index in [1.807, 2.05) is 37.3 Å². The fourth-order valence-electron chi connectivity index (χ4n) is 1.46. The van der Waals surface area contributed by atoms with Gasteiger partial charge in [-0.05, 0) is 24.3 Å². The fourth-order valence-corrected chi connectivity index (χ4v) is 1.74. The van der Waals surface area contributed by atoms with Crippen molar-refractivity contribution in [2.24, 2.45) is 5.41 Å². The number of thiol groups is 1. The first-order valence-electron chi connectivity index (χ1n) is 6.33. The molecule has 3 heteroatoms. The number of carbonyl (C=O) groups is 1. The molecule has 0 fully saturated rings. The molecule has 2 unspecified atom stereocenters. The Morgan fingerprint density at radius 1 is 1.28 bits per heavy atom. The monoisotopic (exact) mass is 265 g/mol. The number of nitrogens with one attached hydrogen (secondary N) is 1. The molecule has 0 saturated heterocycles. The summed E-state index contributed by atoms with van der Waals surface area (Å²) in [7, 11) is 0. The molecule has 0 aliphatic carbocycles. The maximum absolute atomic E-state index is 12.0. The number of hydrogen-bond donors (Lipinski definition) is 2. The van der Waals surface area contributed by atoms with E-state index in [1.165, 1.54) is 0 Å². The van der Waals surface area contributed by atoms with Gasteiger partial charge in [0, 0.05) is 6.04 Å². The van der Waals surface area contributed by atoms with Gasteiger partial charge in [-0.2, -0.15) is 12.6 Å². The van der Waals surface area contributed by atoms with Gasteiger partial charge in [-0.3, -0.25) is 4.79 Å². The molecule has 0 bridgehead atoms. The minimum atomic E-state index is -0.294. The number of amides is 1. The van der Waals surface area contributed by atoms with Crippen LogP contribution in [-0.4, -0.2) is 17.2 Å². The van der Waals surface area contributed by atoms with Crippen molar-refractivity contribution in [3.8, 4) is 0 Å². The van der Waals surface area contributed by atoms with Gasteiger partial charge in [0.1, 0.15) is 0 Å². The molecule has 0 aliphatic rings. The van der Waals surface area contributed by atoms with Gasteiger partial charge in [-0.15, -0.1) is 0 Å². The highest BCUT2D eigenvalue weighted by Gasteiger charge is 2.24. The minimum Gasteiger partial charge on any atom is -0.352 e. The second kappa shape index (κ2) is 6.28. The van der Waals surface area contributed by atoms with Crippen LogP contribution in [0, 0.1) is 5.41 Å². The SMILES string of the molecule is CC(NC(=O)C(S)Cc1ccccc1)C(C)(C)C. The summed E-state index contributed by atoms with van der Waals surface area (Å²) in [5.41, 5.74) is 1.20. The molecule has 1 aromatic carbocycles. The molecule has 0 heterocycles. The lowest BCUT2D eigenvalue weighted by molar-refractivity contribution is -0.121. The summed E-state index contributed by atoms with van der Waals surface area (Å²) in [6.07, 6.45) is 0.659. The Hall–Kier alpha value is -0.960. The standard InChI is InChI=1S/C15H23NOS/c1-11(15(2,3)4)16-14(17)13(18)10-12-8-6-5-7-9-12/h5-9,11,13,18H,10H2,1-4H3,(H,16,17). The predicted molar refractivity (Wildman–Crippen MR) is 80.0 cm³/mol. The van der Waals surface area contributed by atoms with Gasteiger partial charge in [0.15, 0.2) is 0 Å². The average molecular weight is 265 g/mol. The van der Waals surface area contributed by atoms with Crippen LogP contribution in [0.25, 0.3) is 0 Å². The van der Waals surface area contributed by atoms with Crippen LogP contribution in [0.1, 0.15) is 33.3 Å². The van der Waals surface area contributed by atoms with Crippen molar-refractivity contribution >= 4 is 18.5 Å². The molecule has 1 amide bonds. The first kappa shape index (κ1) is 15.1.